The molecule has 1 N–H and O–H groups in total. The Morgan fingerprint density at radius 3 is 2.14 bits per heavy atom. The van der Waals surface area contributed by atoms with Crippen LogP contribution in [0.25, 0.3) is 32.6 Å². The largest absolute Gasteiger partial charge is 0.497 e. The molecular weight excluding hydrogens is 558 g/mol. The third-order valence-electron chi connectivity index (χ3n) is 6.20. The third kappa shape index (κ3) is 5.92. The monoisotopic (exact) mass is 581 g/mol. The maximum Gasteiger partial charge on any atom is 0.249 e. The summed E-state index contributed by atoms with van der Waals surface area (Å²) in [6, 6.07) is 25.5. The minimum atomic E-state index is -3.25. The molecule has 12 nitrogen and oxygen atoms in total. The van der Waals surface area contributed by atoms with Crippen LogP contribution in [0.2, 0.25) is 0 Å². The number of carbonyl (C=O) groups excluding carboxylic acids is 1. The number of aromatic nitrogens is 2. The molecule has 0 fully saturated rings. The second kappa shape index (κ2) is 12.3. The zero-order valence-corrected chi connectivity index (χ0v) is 23.2. The van der Waals surface area contributed by atoms with Gasteiger partial charge >= 0.3 is 0 Å². The van der Waals surface area contributed by atoms with Gasteiger partial charge in [-0.25, -0.2) is 22.7 Å². The summed E-state index contributed by atoms with van der Waals surface area (Å²) in [5, 5.41) is 6.32. The Hall–Kier alpha value is -5.65. The Morgan fingerprint density at radius 1 is 0.857 bits per heavy atom. The van der Waals surface area contributed by atoms with Gasteiger partial charge in [0.1, 0.15) is 11.5 Å². The molecule has 0 saturated carbocycles. The summed E-state index contributed by atoms with van der Waals surface area (Å²) < 4.78 is 37.5. The van der Waals surface area contributed by atoms with Crippen molar-refractivity contribution in [2.24, 2.45) is 5.11 Å². The van der Waals surface area contributed by atoms with Gasteiger partial charge in [0.05, 0.1) is 30.9 Å². The number of benzene rings is 4. The molecule has 210 valence electrons. The van der Waals surface area contributed by atoms with E-state index in [9.17, 15) is 13.2 Å². The van der Waals surface area contributed by atoms with Crippen molar-refractivity contribution in [2.75, 3.05) is 23.8 Å². The molecule has 0 atom stereocenters. The number of nitrogens with zero attached hydrogens (tertiary/aromatic N) is 6. The second-order valence-electron chi connectivity index (χ2n) is 8.79. The summed E-state index contributed by atoms with van der Waals surface area (Å²) in [5.74, 6) is 0.531. The number of azide groups is 1. The summed E-state index contributed by atoms with van der Waals surface area (Å²) in [7, 11) is -0.198. The first-order chi connectivity index (χ1) is 20.4. The Balaban J connectivity index is 1.64. The van der Waals surface area contributed by atoms with Crippen LogP contribution < -0.4 is 19.1 Å². The smallest absolute Gasteiger partial charge is 0.249 e. The van der Waals surface area contributed by atoms with E-state index < -0.39 is 16.8 Å². The number of nitrogens with one attached hydrogen (secondary N) is 1. The van der Waals surface area contributed by atoms with Crippen LogP contribution >= 0.6 is 0 Å². The van der Waals surface area contributed by atoms with Crippen molar-refractivity contribution < 1.29 is 22.7 Å². The standard InChI is InChI=1S/C29H23N7O5S/c1-40-23-15-21(16-24(17-23)41-2)31-27-28(33-26-12-4-3-11-25(26)32-27)36(42(38)39)22-10-6-8-19(14-22)18-7-5-9-20(13-18)29(37)34-35-30/h3-17,42H,1-2H3,(H,31,32). The highest BCUT2D eigenvalue weighted by molar-refractivity contribution is 7.74. The fourth-order valence-corrected chi connectivity index (χ4v) is 4.89. The first kappa shape index (κ1) is 27.9. The number of anilines is 4. The van der Waals surface area contributed by atoms with Gasteiger partial charge in [-0.15, -0.1) is 0 Å². The minimum absolute atomic E-state index is 0.0380. The molecule has 42 heavy (non-hydrogen) atoms. The van der Waals surface area contributed by atoms with Crippen LogP contribution in [0.15, 0.2) is 96.1 Å². The van der Waals surface area contributed by atoms with Gasteiger partial charge in [-0.2, -0.15) is 0 Å². The van der Waals surface area contributed by atoms with Crippen LogP contribution in [0.5, 0.6) is 11.5 Å². The zero-order valence-electron chi connectivity index (χ0n) is 22.3. The molecule has 4 aromatic carbocycles. The maximum atomic E-state index is 12.8. The molecule has 1 amide bonds. The van der Waals surface area contributed by atoms with E-state index in [1.54, 1.807) is 78.9 Å². The zero-order chi connectivity index (χ0) is 29.6. The Bertz CT molecular complexity index is 1910. The first-order valence-corrected chi connectivity index (χ1v) is 13.5. The van der Waals surface area contributed by atoms with E-state index in [1.807, 2.05) is 6.07 Å². The molecule has 0 bridgehead atoms. The summed E-state index contributed by atoms with van der Waals surface area (Å²) in [4.78, 5) is 24.0. The summed E-state index contributed by atoms with van der Waals surface area (Å²) in [5.41, 5.74) is 11.9. The molecule has 5 rings (SSSR count). The summed E-state index contributed by atoms with van der Waals surface area (Å²) in [6.45, 7) is 0. The van der Waals surface area contributed by atoms with Crippen LogP contribution in [-0.2, 0) is 10.9 Å². The van der Waals surface area contributed by atoms with Gasteiger partial charge in [-0.3, -0.25) is 4.79 Å². The lowest BCUT2D eigenvalue weighted by molar-refractivity contribution is 0.100. The average molecular weight is 582 g/mol. The van der Waals surface area contributed by atoms with Crippen LogP contribution in [0.4, 0.5) is 23.0 Å². The van der Waals surface area contributed by atoms with Crippen LogP contribution in [-0.4, -0.2) is 38.5 Å². The van der Waals surface area contributed by atoms with Crippen molar-refractivity contribution in [2.45, 2.75) is 0 Å². The molecule has 0 aliphatic rings. The molecule has 0 saturated heterocycles. The number of fused-ring (bicyclic) bond motifs is 1. The fourth-order valence-electron chi connectivity index (χ4n) is 4.28. The van der Waals surface area contributed by atoms with E-state index in [1.165, 1.54) is 20.3 Å². The van der Waals surface area contributed by atoms with Crippen molar-refractivity contribution >= 4 is 50.8 Å². The van der Waals surface area contributed by atoms with Gasteiger partial charge in [0, 0.05) is 34.4 Å². The molecule has 0 unspecified atom stereocenters. The van der Waals surface area contributed by atoms with Crippen molar-refractivity contribution in [3.8, 4) is 22.6 Å². The van der Waals surface area contributed by atoms with Crippen molar-refractivity contribution in [3.05, 3.63) is 107 Å². The number of para-hydroxylation sites is 2. The molecule has 0 spiro atoms. The molecule has 0 aliphatic carbocycles. The van der Waals surface area contributed by atoms with Crippen LogP contribution in [0.3, 0.4) is 0 Å². The SMILES string of the molecule is COc1cc(Nc2nc3ccccc3nc2N(c2cccc(-c3cccc(C(=O)N=[N+]=[N-])c3)c2)[SH](=O)=O)cc(OC)c1. The van der Waals surface area contributed by atoms with Crippen LogP contribution in [0, 0.1) is 0 Å². The van der Waals surface area contributed by atoms with E-state index in [4.69, 9.17) is 20.0 Å². The predicted molar refractivity (Wildman–Crippen MR) is 160 cm³/mol. The number of methoxy groups -OCH3 is 2. The lowest BCUT2D eigenvalue weighted by Gasteiger charge is -2.21. The van der Waals surface area contributed by atoms with Gasteiger partial charge < -0.3 is 14.8 Å². The van der Waals surface area contributed by atoms with E-state index in [-0.39, 0.29) is 22.9 Å². The van der Waals surface area contributed by atoms with E-state index in [0.717, 1.165) is 4.31 Å². The number of thiol groups is 1. The number of carbonyl (C=O) groups is 1. The molecule has 1 heterocycles. The van der Waals surface area contributed by atoms with Gasteiger partial charge in [0.15, 0.2) is 11.6 Å². The van der Waals surface area contributed by atoms with E-state index >= 15 is 0 Å². The third-order valence-corrected chi connectivity index (χ3v) is 6.95. The number of hydrogen-bond donors (Lipinski definition) is 2. The van der Waals surface area contributed by atoms with Gasteiger partial charge in [-0.05, 0) is 52.1 Å². The lowest BCUT2D eigenvalue weighted by Crippen LogP contribution is -2.18. The number of ether oxygens (including phenoxy) is 2. The number of rotatable bonds is 9. The predicted octanol–water partition coefficient (Wildman–Crippen LogP) is 6.17. The molecule has 1 aromatic heterocycles. The lowest BCUT2D eigenvalue weighted by atomic mass is 10.0. The Labute approximate surface area is 241 Å². The topological polar surface area (TPSA) is 159 Å². The van der Waals surface area contributed by atoms with Crippen molar-refractivity contribution in [1.82, 2.24) is 9.97 Å². The molecule has 5 aromatic rings. The van der Waals surface area contributed by atoms with Crippen molar-refractivity contribution in [1.29, 1.82) is 0 Å². The minimum Gasteiger partial charge on any atom is -0.497 e. The van der Waals surface area contributed by atoms with Crippen molar-refractivity contribution in [3.63, 3.8) is 0 Å². The first-order valence-electron chi connectivity index (χ1n) is 12.4. The summed E-state index contributed by atoms with van der Waals surface area (Å²) >= 11 is 0. The highest BCUT2D eigenvalue weighted by Crippen LogP contribution is 2.36. The Kier molecular flexibility index (Phi) is 8.14. The molecule has 0 radical (unpaired) electrons. The van der Waals surface area contributed by atoms with Gasteiger partial charge in [0.2, 0.25) is 16.8 Å². The molecule has 0 aliphatic heterocycles. The normalized spacial score (nSPS) is 10.6. The molecular formula is C29H23N7O5S. The van der Waals surface area contributed by atoms with Gasteiger partial charge in [0.25, 0.3) is 0 Å². The highest BCUT2D eigenvalue weighted by atomic mass is 32.2. The van der Waals surface area contributed by atoms with Crippen LogP contribution in [0.1, 0.15) is 10.4 Å². The highest BCUT2D eigenvalue weighted by Gasteiger charge is 2.21. The van der Waals surface area contributed by atoms with E-state index in [2.05, 4.69) is 20.3 Å². The quantitative estimate of drug-likeness (QED) is 0.0904. The number of amides is 1. The second-order valence-corrected chi connectivity index (χ2v) is 9.66. The number of hydrogen-bond acceptors (Lipinski definition) is 8. The average Bonchev–Trinajstić information content (AvgIpc) is 3.01. The summed E-state index contributed by atoms with van der Waals surface area (Å²) in [6.07, 6.45) is 0. The Morgan fingerprint density at radius 2 is 1.50 bits per heavy atom. The van der Waals surface area contributed by atoms with Gasteiger partial charge in [-0.1, -0.05) is 42.5 Å². The maximum absolute atomic E-state index is 12.8. The van der Waals surface area contributed by atoms with E-state index in [0.29, 0.717) is 39.3 Å². The molecule has 13 heteroatoms. The fraction of sp³-hybridized carbons (Fsp3) is 0.0690.